The number of nitrogens with one attached hydrogen (secondary N) is 5. The number of fused-ring (bicyclic) bond motifs is 2. The van der Waals surface area contributed by atoms with Crippen molar-refractivity contribution in [2.24, 2.45) is 33.9 Å². The maximum Gasteiger partial charge on any atom is 0.416 e. The molecular weight excluding hydrogens is 1050 g/mol. The molecule has 1 saturated heterocycles. The lowest BCUT2D eigenvalue weighted by Crippen LogP contribution is -3.00. The van der Waals surface area contributed by atoms with Gasteiger partial charge in [0, 0.05) is 47.3 Å². The van der Waals surface area contributed by atoms with Crippen molar-refractivity contribution in [1.29, 1.82) is 0 Å². The van der Waals surface area contributed by atoms with Crippen LogP contribution in [0.25, 0.3) is 0 Å². The molecule has 5 aromatic rings. The average molecular weight is 1110 g/mol. The summed E-state index contributed by atoms with van der Waals surface area (Å²) >= 11 is 17.4. The number of hydrogen-bond donors (Lipinski definition) is 8. The van der Waals surface area contributed by atoms with Gasteiger partial charge >= 0.3 is 6.09 Å². The second kappa shape index (κ2) is 23.2. The zero-order valence-corrected chi connectivity index (χ0v) is 43.5. The van der Waals surface area contributed by atoms with Crippen molar-refractivity contribution in [3.05, 3.63) is 89.0 Å². The summed E-state index contributed by atoms with van der Waals surface area (Å²) in [5, 5.41) is 30.7. The van der Waals surface area contributed by atoms with Crippen molar-refractivity contribution in [3.8, 4) is 11.5 Å². The van der Waals surface area contributed by atoms with Crippen LogP contribution in [0.2, 0.25) is 0 Å². The van der Waals surface area contributed by atoms with Gasteiger partial charge in [-0.25, -0.2) is 9.69 Å². The first-order chi connectivity index (χ1) is 34.6. The Labute approximate surface area is 444 Å². The first kappa shape index (κ1) is 55.9. The number of nitrogens with zero attached hydrogens (tertiary/aromatic N) is 6. The summed E-state index contributed by atoms with van der Waals surface area (Å²) in [5.41, 5.74) is 6.29. The van der Waals surface area contributed by atoms with Crippen LogP contribution in [-0.4, -0.2) is 125 Å². The van der Waals surface area contributed by atoms with Gasteiger partial charge in [0.2, 0.25) is 15.5 Å². The van der Waals surface area contributed by atoms with Crippen molar-refractivity contribution in [3.63, 3.8) is 0 Å². The number of carbonyl (C=O) groups excluding carboxylic acids is 7. The molecule has 0 unspecified atom stereocenters. The summed E-state index contributed by atoms with van der Waals surface area (Å²) in [5.74, 6) is -1.36. The number of hydrogen-bond acceptors (Lipinski definition) is 11. The Morgan fingerprint density at radius 2 is 1.23 bits per heavy atom. The van der Waals surface area contributed by atoms with Crippen molar-refractivity contribution in [1.82, 2.24) is 28.5 Å². The molecule has 7 rings (SSSR count). The summed E-state index contributed by atoms with van der Waals surface area (Å²) in [6.45, 7) is -0.267. The van der Waals surface area contributed by atoms with Crippen LogP contribution in [0.3, 0.4) is 0 Å². The number of aliphatic hydroxyl groups is 1. The van der Waals surface area contributed by atoms with E-state index in [1.54, 1.807) is 52.5 Å². The number of carbonyl (C=O) groups is 7. The molecule has 0 saturated carbocycles. The molecule has 396 valence electrons. The molecule has 4 aromatic heterocycles. The SMILES string of the molecule is COc1cc2c(cc1OCCC(=O)Nc1ccc(C(=O)Nc3ccc(C(=O)Nc4ccc(C(=O)Nc5ccc(C(=O)NCCC(N)=[NH2+])n5C)n4C)n3C)n1C)N(C(=O)OCC(Cl)(Cl)Cl)[C@@H](O)[C@@H]1CCCN1C2=O.[Cl-]. The smallest absolute Gasteiger partial charge is 0.416 e. The molecule has 1 fully saturated rings. The van der Waals surface area contributed by atoms with Gasteiger partial charge in [0.05, 0.1) is 43.9 Å². The predicted molar refractivity (Wildman–Crippen MR) is 269 cm³/mol. The molecule has 7 amide bonds. The molecule has 2 aliphatic rings. The Morgan fingerprint density at radius 3 is 1.70 bits per heavy atom. The van der Waals surface area contributed by atoms with Gasteiger partial charge in [0.25, 0.3) is 29.5 Å². The molecule has 24 nitrogen and oxygen atoms in total. The van der Waals surface area contributed by atoms with Gasteiger partial charge in [0.15, 0.2) is 17.7 Å². The van der Waals surface area contributed by atoms with E-state index in [0.29, 0.717) is 43.1 Å². The number of amidine groups is 1. The average Bonchev–Trinajstić information content (AvgIpc) is 4.18. The molecule has 2 aliphatic heterocycles. The predicted octanol–water partition coefficient (Wildman–Crippen LogP) is -0.296. The van der Waals surface area contributed by atoms with E-state index in [4.69, 9.17) is 60.2 Å². The van der Waals surface area contributed by atoms with Crippen molar-refractivity contribution in [2.45, 2.75) is 41.7 Å². The van der Waals surface area contributed by atoms with E-state index in [0.717, 1.165) is 4.90 Å². The van der Waals surface area contributed by atoms with Crippen LogP contribution in [0.4, 0.5) is 33.8 Å². The molecule has 74 heavy (non-hydrogen) atoms. The Bertz CT molecular complexity index is 3010. The number of nitrogens with two attached hydrogens (primary N) is 2. The van der Waals surface area contributed by atoms with E-state index in [-0.39, 0.29) is 95.2 Å². The highest BCUT2D eigenvalue weighted by atomic mass is 35.6. The molecule has 0 radical (unpaired) electrons. The molecule has 0 aliphatic carbocycles. The summed E-state index contributed by atoms with van der Waals surface area (Å²) in [6.07, 6.45) is -1.49. The minimum Gasteiger partial charge on any atom is -1.00 e. The normalized spacial score (nSPS) is 15.0. The Morgan fingerprint density at radius 1 is 0.743 bits per heavy atom. The van der Waals surface area contributed by atoms with Crippen LogP contribution < -0.4 is 64.5 Å². The monoisotopic (exact) mass is 1100 g/mol. The zero-order valence-electron chi connectivity index (χ0n) is 40.5. The standard InChI is InChI=1S/C46H52Cl3N13O11.ClH/c1-57-25(39(64)52-18-16-33(50)51)8-13-35(57)54-41(66)27-10-15-37(59(27)3)56-42(67)28-11-14-36(60(28)4)55-40(65)26-9-12-34(58(26)2)53-38(63)17-20-72-32-22-30-24(21-31(32)71-5)43(68)61-19-6-7-29(61)44(69)62(30)45(70)73-23-46(47,48)49;/h8-15,21-22,29,44,69H,6-7,16-20,23H2,1-5H3,(H3,50,51)(H,52,64)(H,53,63)(H,54,66)(H,55,65)(H,56,67);1H/t29-,44-;/m0./s1. The molecule has 1 aromatic carbocycles. The second-order valence-corrected chi connectivity index (χ2v) is 19.4. The number of ether oxygens (including phenoxy) is 3. The van der Waals surface area contributed by atoms with Gasteiger partial charge < -0.3 is 81.5 Å². The number of halogens is 4. The molecular formula is C46H53Cl4N13O11. The van der Waals surface area contributed by atoms with Crippen LogP contribution in [0.1, 0.15) is 78.0 Å². The van der Waals surface area contributed by atoms with Gasteiger partial charge in [-0.2, -0.15) is 0 Å². The zero-order chi connectivity index (χ0) is 53.1. The van der Waals surface area contributed by atoms with Crippen molar-refractivity contribution in [2.75, 3.05) is 59.6 Å². The summed E-state index contributed by atoms with van der Waals surface area (Å²) < 4.78 is 20.7. The third-order valence-electron chi connectivity index (χ3n) is 12.2. The maximum atomic E-state index is 13.7. The minimum atomic E-state index is -1.95. The molecule has 0 bridgehead atoms. The molecule has 28 heteroatoms. The number of benzene rings is 1. The van der Waals surface area contributed by atoms with Crippen molar-refractivity contribution >= 4 is 111 Å². The fourth-order valence-corrected chi connectivity index (χ4v) is 8.47. The molecule has 10 N–H and O–H groups in total. The van der Waals surface area contributed by atoms with Crippen LogP contribution >= 0.6 is 34.8 Å². The van der Waals surface area contributed by atoms with E-state index in [2.05, 4.69) is 26.6 Å². The number of aromatic nitrogens is 4. The van der Waals surface area contributed by atoms with E-state index in [1.165, 1.54) is 66.7 Å². The van der Waals surface area contributed by atoms with Crippen molar-refractivity contribution < 1.29 is 70.7 Å². The second-order valence-electron chi connectivity index (χ2n) is 16.9. The summed E-state index contributed by atoms with van der Waals surface area (Å²) in [4.78, 5) is 95.6. The third kappa shape index (κ3) is 12.2. The minimum absolute atomic E-state index is 0. The Balaban J connectivity index is 0.00000892. The first-order valence-corrected chi connectivity index (χ1v) is 23.6. The topological polar surface area (TPSA) is 305 Å². The van der Waals surface area contributed by atoms with Crippen LogP contribution in [-0.2, 0) is 37.7 Å². The highest BCUT2D eigenvalue weighted by molar-refractivity contribution is 6.67. The fraction of sp³-hybridized carbons (Fsp3) is 0.348. The van der Waals surface area contributed by atoms with E-state index < -0.39 is 58.3 Å². The number of aliphatic hydroxyl groups excluding tert-OH is 1. The van der Waals surface area contributed by atoms with E-state index in [9.17, 15) is 38.7 Å². The van der Waals surface area contributed by atoms with Gasteiger partial charge in [-0.05, 0) is 67.4 Å². The summed E-state index contributed by atoms with van der Waals surface area (Å²) in [6, 6.07) is 14.3. The maximum absolute atomic E-state index is 13.7. The van der Waals surface area contributed by atoms with Gasteiger partial charge in [-0.3, -0.25) is 39.9 Å². The van der Waals surface area contributed by atoms with Crippen LogP contribution in [0, 0.1) is 0 Å². The third-order valence-corrected chi connectivity index (χ3v) is 12.5. The number of methoxy groups -OCH3 is 1. The summed E-state index contributed by atoms with van der Waals surface area (Å²) in [7, 11) is 7.72. The van der Waals surface area contributed by atoms with E-state index in [1.807, 2.05) is 0 Å². The molecule has 6 heterocycles. The molecule has 2 atom stereocenters. The largest absolute Gasteiger partial charge is 1.00 e. The molecule has 0 spiro atoms. The van der Waals surface area contributed by atoms with E-state index >= 15 is 0 Å². The van der Waals surface area contributed by atoms with Crippen LogP contribution in [0.5, 0.6) is 11.5 Å². The van der Waals surface area contributed by atoms with Gasteiger partial charge in [0.1, 0.15) is 52.7 Å². The highest BCUT2D eigenvalue weighted by Gasteiger charge is 2.46. The first-order valence-electron chi connectivity index (χ1n) is 22.5. The number of anilines is 5. The van der Waals surface area contributed by atoms with Gasteiger partial charge in [-0.15, -0.1) is 0 Å². The Kier molecular flexibility index (Phi) is 17.6. The van der Waals surface area contributed by atoms with Crippen LogP contribution in [0.15, 0.2) is 60.7 Å². The highest BCUT2D eigenvalue weighted by Crippen LogP contribution is 2.42. The fourth-order valence-electron chi connectivity index (χ4n) is 8.31. The Hall–Kier alpha value is -7.38. The number of alkyl halides is 3. The lowest BCUT2D eigenvalue weighted by atomic mass is 10.1. The number of rotatable bonds is 17. The number of amides is 7. The lowest BCUT2D eigenvalue weighted by molar-refractivity contribution is -0.118. The quantitative estimate of drug-likeness (QED) is 0.0339. The lowest BCUT2D eigenvalue weighted by Gasteiger charge is -2.32. The van der Waals surface area contributed by atoms with Gasteiger partial charge in [-0.1, -0.05) is 34.8 Å².